The third-order valence-electron chi connectivity index (χ3n) is 6.63. The van der Waals surface area contributed by atoms with Crippen LogP contribution in [0.15, 0.2) is 47.1 Å². The lowest BCUT2D eigenvalue weighted by Gasteiger charge is -2.34. The van der Waals surface area contributed by atoms with Gasteiger partial charge in [0.2, 0.25) is 11.8 Å². The zero-order chi connectivity index (χ0) is 23.9. The highest BCUT2D eigenvalue weighted by atomic mass is 16.5. The molecule has 182 valence electrons. The van der Waals surface area contributed by atoms with Crippen LogP contribution in [0, 0.1) is 6.92 Å². The molecule has 1 aromatic carbocycles. The SMILES string of the molecule is Cc1ccccc1[C@@H](C(=O)NC1CCCC1)N(C[C@@H]1CCCO1)C(=O)CNC(=O)c1ccco1. The lowest BCUT2D eigenvalue weighted by atomic mass is 9.97. The van der Waals surface area contributed by atoms with E-state index in [9.17, 15) is 14.4 Å². The van der Waals surface area contributed by atoms with Crippen molar-refractivity contribution >= 4 is 17.7 Å². The van der Waals surface area contributed by atoms with Gasteiger partial charge in [0, 0.05) is 19.2 Å². The van der Waals surface area contributed by atoms with E-state index in [1.165, 1.54) is 12.3 Å². The Morgan fingerprint density at radius 2 is 1.85 bits per heavy atom. The van der Waals surface area contributed by atoms with Crippen LogP contribution in [-0.4, -0.2) is 54.5 Å². The molecule has 8 nitrogen and oxygen atoms in total. The molecular weight excluding hydrogens is 434 g/mol. The minimum atomic E-state index is -0.806. The number of hydrogen-bond donors (Lipinski definition) is 2. The van der Waals surface area contributed by atoms with Gasteiger partial charge in [-0.2, -0.15) is 0 Å². The summed E-state index contributed by atoms with van der Waals surface area (Å²) in [4.78, 5) is 41.1. The molecule has 2 aliphatic rings. The quantitative estimate of drug-likeness (QED) is 0.590. The predicted octanol–water partition coefficient (Wildman–Crippen LogP) is 3.13. The largest absolute Gasteiger partial charge is 0.459 e. The van der Waals surface area contributed by atoms with Crippen molar-refractivity contribution in [1.82, 2.24) is 15.5 Å². The van der Waals surface area contributed by atoms with Crippen molar-refractivity contribution in [1.29, 1.82) is 0 Å². The lowest BCUT2D eigenvalue weighted by Crippen LogP contribution is -2.51. The fraction of sp³-hybridized carbons (Fsp3) is 0.500. The molecule has 1 aliphatic heterocycles. The molecular formula is C26H33N3O5. The summed E-state index contributed by atoms with van der Waals surface area (Å²) in [7, 11) is 0. The van der Waals surface area contributed by atoms with E-state index in [-0.39, 0.29) is 42.8 Å². The van der Waals surface area contributed by atoms with Gasteiger partial charge in [-0.05, 0) is 55.9 Å². The number of nitrogens with zero attached hydrogens (tertiary/aromatic N) is 1. The minimum Gasteiger partial charge on any atom is -0.459 e. The summed E-state index contributed by atoms with van der Waals surface area (Å²) >= 11 is 0. The fourth-order valence-corrected chi connectivity index (χ4v) is 4.81. The number of hydrogen-bond acceptors (Lipinski definition) is 5. The fourth-order valence-electron chi connectivity index (χ4n) is 4.81. The van der Waals surface area contributed by atoms with E-state index in [1.807, 2.05) is 31.2 Å². The molecule has 1 saturated carbocycles. The number of rotatable bonds is 9. The molecule has 3 amide bonds. The average Bonchev–Trinajstić information content (AvgIpc) is 3.62. The second kappa shape index (κ2) is 11.3. The Bertz CT molecular complexity index is 978. The van der Waals surface area contributed by atoms with Gasteiger partial charge in [0.05, 0.1) is 18.9 Å². The van der Waals surface area contributed by atoms with Crippen LogP contribution in [-0.2, 0) is 14.3 Å². The first-order chi connectivity index (χ1) is 16.5. The number of ether oxygens (including phenoxy) is 1. The summed E-state index contributed by atoms with van der Waals surface area (Å²) in [5.74, 6) is -0.874. The molecule has 2 aromatic rings. The van der Waals surface area contributed by atoms with Crippen molar-refractivity contribution in [2.75, 3.05) is 19.7 Å². The lowest BCUT2D eigenvalue weighted by molar-refractivity contribution is -0.142. The van der Waals surface area contributed by atoms with E-state index in [0.29, 0.717) is 6.61 Å². The number of nitrogens with one attached hydrogen (secondary N) is 2. The number of carbonyl (C=O) groups excluding carboxylic acids is 3. The van der Waals surface area contributed by atoms with Gasteiger partial charge in [-0.15, -0.1) is 0 Å². The van der Waals surface area contributed by atoms with Crippen LogP contribution < -0.4 is 10.6 Å². The Kier molecular flexibility index (Phi) is 8.00. The molecule has 1 aliphatic carbocycles. The Hall–Kier alpha value is -3.13. The smallest absolute Gasteiger partial charge is 0.287 e. The van der Waals surface area contributed by atoms with Crippen LogP contribution in [0.25, 0.3) is 0 Å². The van der Waals surface area contributed by atoms with Gasteiger partial charge >= 0.3 is 0 Å². The minimum absolute atomic E-state index is 0.123. The van der Waals surface area contributed by atoms with Crippen molar-refractivity contribution < 1.29 is 23.5 Å². The van der Waals surface area contributed by atoms with Gasteiger partial charge in [-0.1, -0.05) is 37.1 Å². The Balaban J connectivity index is 1.59. The van der Waals surface area contributed by atoms with E-state index in [1.54, 1.807) is 11.0 Å². The topological polar surface area (TPSA) is 101 Å². The summed E-state index contributed by atoms with van der Waals surface area (Å²) in [5, 5.41) is 5.80. The maximum absolute atomic E-state index is 13.6. The normalized spacial score (nSPS) is 19.0. The van der Waals surface area contributed by atoms with E-state index < -0.39 is 11.9 Å². The van der Waals surface area contributed by atoms with Crippen molar-refractivity contribution in [2.24, 2.45) is 0 Å². The van der Waals surface area contributed by atoms with Crippen LogP contribution >= 0.6 is 0 Å². The molecule has 2 N–H and O–H groups in total. The van der Waals surface area contributed by atoms with E-state index in [4.69, 9.17) is 9.15 Å². The second-order valence-electron chi connectivity index (χ2n) is 9.09. The molecule has 0 spiro atoms. The number of amides is 3. The molecule has 2 heterocycles. The van der Waals surface area contributed by atoms with Gasteiger partial charge in [-0.25, -0.2) is 0 Å². The molecule has 0 bridgehead atoms. The first-order valence-corrected chi connectivity index (χ1v) is 12.1. The highest BCUT2D eigenvalue weighted by Gasteiger charge is 2.36. The first kappa shape index (κ1) is 24.0. The van der Waals surface area contributed by atoms with Gasteiger partial charge in [0.25, 0.3) is 5.91 Å². The number of benzene rings is 1. The van der Waals surface area contributed by atoms with Gasteiger partial charge in [-0.3, -0.25) is 14.4 Å². The zero-order valence-corrected chi connectivity index (χ0v) is 19.6. The van der Waals surface area contributed by atoms with Crippen LogP contribution in [0.4, 0.5) is 0 Å². The Morgan fingerprint density at radius 1 is 1.06 bits per heavy atom. The van der Waals surface area contributed by atoms with Crippen molar-refractivity contribution in [2.45, 2.75) is 63.6 Å². The molecule has 34 heavy (non-hydrogen) atoms. The number of aryl methyl sites for hydroxylation is 1. The molecule has 2 fully saturated rings. The molecule has 1 aromatic heterocycles. The Morgan fingerprint density at radius 3 is 2.53 bits per heavy atom. The number of furan rings is 1. The summed E-state index contributed by atoms with van der Waals surface area (Å²) in [6.07, 6.45) is 7.10. The summed E-state index contributed by atoms with van der Waals surface area (Å²) < 4.78 is 10.9. The van der Waals surface area contributed by atoms with E-state index in [0.717, 1.165) is 49.7 Å². The summed E-state index contributed by atoms with van der Waals surface area (Å²) in [6.45, 7) is 2.63. The maximum atomic E-state index is 13.6. The Labute approximate surface area is 200 Å². The van der Waals surface area contributed by atoms with Crippen molar-refractivity contribution in [3.8, 4) is 0 Å². The standard InChI is InChI=1S/C26H33N3O5/c1-18-8-2-5-12-21(18)24(26(32)28-19-9-3-4-10-19)29(17-20-11-6-14-33-20)23(30)16-27-25(31)22-13-7-15-34-22/h2,5,7-8,12-13,15,19-20,24H,3-4,6,9-11,14,16-17H2,1H3,(H,27,31)(H,28,32)/t20-,24-/m0/s1. The van der Waals surface area contributed by atoms with Crippen LogP contribution in [0.3, 0.4) is 0 Å². The van der Waals surface area contributed by atoms with E-state index >= 15 is 0 Å². The average molecular weight is 468 g/mol. The molecule has 8 heteroatoms. The highest BCUT2D eigenvalue weighted by molar-refractivity contribution is 5.95. The number of carbonyl (C=O) groups is 3. The second-order valence-corrected chi connectivity index (χ2v) is 9.09. The summed E-state index contributed by atoms with van der Waals surface area (Å²) in [5.41, 5.74) is 1.71. The van der Waals surface area contributed by atoms with Gasteiger partial charge in [0.1, 0.15) is 6.04 Å². The highest BCUT2D eigenvalue weighted by Crippen LogP contribution is 2.28. The van der Waals surface area contributed by atoms with Gasteiger partial charge < -0.3 is 24.7 Å². The van der Waals surface area contributed by atoms with Crippen LogP contribution in [0.2, 0.25) is 0 Å². The monoisotopic (exact) mass is 467 g/mol. The molecule has 0 radical (unpaired) electrons. The van der Waals surface area contributed by atoms with E-state index in [2.05, 4.69) is 10.6 Å². The summed E-state index contributed by atoms with van der Waals surface area (Å²) in [6, 6.07) is 10.1. The first-order valence-electron chi connectivity index (χ1n) is 12.1. The van der Waals surface area contributed by atoms with Crippen molar-refractivity contribution in [3.63, 3.8) is 0 Å². The zero-order valence-electron chi connectivity index (χ0n) is 19.6. The third kappa shape index (κ3) is 5.86. The maximum Gasteiger partial charge on any atom is 0.287 e. The predicted molar refractivity (Wildman–Crippen MR) is 126 cm³/mol. The molecule has 0 unspecified atom stereocenters. The van der Waals surface area contributed by atoms with Crippen molar-refractivity contribution in [3.05, 3.63) is 59.5 Å². The molecule has 1 saturated heterocycles. The van der Waals surface area contributed by atoms with Crippen LogP contribution in [0.5, 0.6) is 0 Å². The molecule has 2 atom stereocenters. The van der Waals surface area contributed by atoms with Crippen LogP contribution in [0.1, 0.15) is 66.2 Å². The molecule has 4 rings (SSSR count). The third-order valence-corrected chi connectivity index (χ3v) is 6.63. The van der Waals surface area contributed by atoms with Gasteiger partial charge in [0.15, 0.2) is 5.76 Å².